The molecule has 17 heavy (non-hydrogen) atoms. The maximum atomic E-state index is 10.9. The molecule has 1 rings (SSSR count). The largest absolute Gasteiger partial charge is 0.508 e. The van der Waals surface area contributed by atoms with Gasteiger partial charge in [0.25, 0.3) is 5.91 Å². The Morgan fingerprint density at radius 1 is 1.35 bits per heavy atom. The highest BCUT2D eigenvalue weighted by Gasteiger charge is 2.19. The fraction of sp³-hybridized carbons (Fsp3) is 0.167. The van der Waals surface area contributed by atoms with Crippen LogP contribution in [0.5, 0.6) is 5.75 Å². The number of phenols is 1. The molecule has 5 nitrogen and oxygen atoms in total. The monoisotopic (exact) mass is 233 g/mol. The number of carbonyl (C=O) groups excluding carboxylic acids is 1. The van der Waals surface area contributed by atoms with Gasteiger partial charge in [0.15, 0.2) is 0 Å². The van der Waals surface area contributed by atoms with E-state index in [1.165, 1.54) is 12.1 Å². The van der Waals surface area contributed by atoms with Gasteiger partial charge in [-0.05, 0) is 23.6 Å². The average Bonchev–Trinajstić information content (AvgIpc) is 2.30. The predicted octanol–water partition coefficient (Wildman–Crippen LogP) is 0.137. The SMILES string of the molecule is C#CC(=O)NC(Cc1ccc(O)cc1)C(=O)O. The summed E-state index contributed by atoms with van der Waals surface area (Å²) in [6.45, 7) is 0. The molecule has 0 radical (unpaired) electrons. The molecule has 0 aliphatic rings. The predicted molar refractivity (Wildman–Crippen MR) is 60.2 cm³/mol. The average molecular weight is 233 g/mol. The van der Waals surface area contributed by atoms with E-state index >= 15 is 0 Å². The molecule has 0 aliphatic heterocycles. The first-order valence-corrected chi connectivity index (χ1v) is 4.80. The number of nitrogens with one attached hydrogen (secondary N) is 1. The van der Waals surface area contributed by atoms with Crippen molar-refractivity contribution in [3.05, 3.63) is 29.8 Å². The van der Waals surface area contributed by atoms with Crippen LogP contribution in [0, 0.1) is 12.3 Å². The van der Waals surface area contributed by atoms with Crippen LogP contribution in [0.15, 0.2) is 24.3 Å². The molecular weight excluding hydrogens is 222 g/mol. The summed E-state index contributed by atoms with van der Waals surface area (Å²) >= 11 is 0. The molecule has 0 saturated carbocycles. The molecule has 0 bridgehead atoms. The van der Waals surface area contributed by atoms with Crippen molar-refractivity contribution < 1.29 is 19.8 Å². The Kier molecular flexibility index (Phi) is 4.12. The number of terminal acetylenes is 1. The third-order valence-corrected chi connectivity index (χ3v) is 2.11. The van der Waals surface area contributed by atoms with Crippen LogP contribution in [0.3, 0.4) is 0 Å². The Bertz CT molecular complexity index is 458. The van der Waals surface area contributed by atoms with Crippen molar-refractivity contribution in [2.24, 2.45) is 0 Å². The van der Waals surface area contributed by atoms with Crippen molar-refractivity contribution in [2.75, 3.05) is 0 Å². The van der Waals surface area contributed by atoms with Crippen LogP contribution >= 0.6 is 0 Å². The molecule has 1 aromatic rings. The van der Waals surface area contributed by atoms with Crippen LogP contribution in [0.4, 0.5) is 0 Å². The number of aliphatic carboxylic acids is 1. The van der Waals surface area contributed by atoms with Crippen LogP contribution in [0.25, 0.3) is 0 Å². The van der Waals surface area contributed by atoms with Crippen LogP contribution < -0.4 is 5.32 Å². The number of carboxylic acid groups (broad SMARTS) is 1. The maximum absolute atomic E-state index is 10.9. The minimum absolute atomic E-state index is 0.0910. The lowest BCUT2D eigenvalue weighted by Crippen LogP contribution is -2.41. The highest BCUT2D eigenvalue weighted by atomic mass is 16.4. The molecule has 1 amide bonds. The van der Waals surface area contributed by atoms with Crippen molar-refractivity contribution in [2.45, 2.75) is 12.5 Å². The lowest BCUT2D eigenvalue weighted by atomic mass is 10.1. The van der Waals surface area contributed by atoms with E-state index in [1.807, 2.05) is 0 Å². The van der Waals surface area contributed by atoms with Crippen molar-refractivity contribution in [3.63, 3.8) is 0 Å². The van der Waals surface area contributed by atoms with Crippen molar-refractivity contribution in [1.82, 2.24) is 5.32 Å². The molecule has 88 valence electrons. The highest BCUT2D eigenvalue weighted by molar-refractivity contribution is 5.95. The smallest absolute Gasteiger partial charge is 0.326 e. The quantitative estimate of drug-likeness (QED) is 0.645. The molecular formula is C12H11NO4. The number of rotatable bonds is 4. The van der Waals surface area contributed by atoms with Crippen LogP contribution in [0.2, 0.25) is 0 Å². The van der Waals surface area contributed by atoms with E-state index in [0.717, 1.165) is 0 Å². The van der Waals surface area contributed by atoms with Crippen molar-refractivity contribution >= 4 is 11.9 Å². The molecule has 1 unspecified atom stereocenters. The number of benzene rings is 1. The van der Waals surface area contributed by atoms with Crippen molar-refractivity contribution in [3.8, 4) is 18.1 Å². The summed E-state index contributed by atoms with van der Waals surface area (Å²) in [7, 11) is 0. The molecule has 0 spiro atoms. The number of amides is 1. The zero-order valence-electron chi connectivity index (χ0n) is 8.88. The first-order chi connectivity index (χ1) is 8.02. The van der Waals surface area contributed by atoms with E-state index in [0.29, 0.717) is 5.56 Å². The third kappa shape index (κ3) is 3.87. The second-order valence-corrected chi connectivity index (χ2v) is 3.38. The summed E-state index contributed by atoms with van der Waals surface area (Å²) in [6, 6.07) is 4.96. The normalized spacial score (nSPS) is 11.2. The first kappa shape index (κ1) is 12.6. The number of carboxylic acids is 1. The first-order valence-electron chi connectivity index (χ1n) is 4.80. The molecule has 1 aromatic carbocycles. The van der Waals surface area contributed by atoms with E-state index in [-0.39, 0.29) is 12.2 Å². The van der Waals surface area contributed by atoms with E-state index in [4.69, 9.17) is 16.6 Å². The molecule has 0 aromatic heterocycles. The lowest BCUT2D eigenvalue weighted by molar-refractivity contribution is -0.141. The van der Waals surface area contributed by atoms with E-state index in [9.17, 15) is 9.59 Å². The van der Waals surface area contributed by atoms with Gasteiger partial charge in [-0.2, -0.15) is 0 Å². The Morgan fingerprint density at radius 3 is 2.41 bits per heavy atom. The summed E-state index contributed by atoms with van der Waals surface area (Å²) in [4.78, 5) is 21.8. The number of hydrogen-bond donors (Lipinski definition) is 3. The van der Waals surface area contributed by atoms with Crippen LogP contribution in [-0.2, 0) is 16.0 Å². The molecule has 5 heteroatoms. The second-order valence-electron chi connectivity index (χ2n) is 3.38. The van der Waals surface area contributed by atoms with Gasteiger partial charge in [0.05, 0.1) is 0 Å². The summed E-state index contributed by atoms with van der Waals surface area (Å²) in [5.41, 5.74) is 0.674. The number of hydrogen-bond acceptors (Lipinski definition) is 3. The lowest BCUT2D eigenvalue weighted by Gasteiger charge is -2.12. The molecule has 0 saturated heterocycles. The standard InChI is InChI=1S/C12H11NO4/c1-2-11(15)13-10(12(16)17)7-8-3-5-9(14)6-4-8/h1,3-6,10,14H,7H2,(H,13,15)(H,16,17). The zero-order valence-corrected chi connectivity index (χ0v) is 8.88. The van der Waals surface area contributed by atoms with Gasteiger partial charge >= 0.3 is 5.97 Å². The molecule has 0 heterocycles. The Hall–Kier alpha value is -2.48. The summed E-state index contributed by atoms with van der Waals surface area (Å²) < 4.78 is 0. The summed E-state index contributed by atoms with van der Waals surface area (Å²) in [5.74, 6) is -0.0497. The molecule has 0 fully saturated rings. The van der Waals surface area contributed by atoms with Gasteiger partial charge in [0.1, 0.15) is 11.8 Å². The number of phenolic OH excluding ortho intramolecular Hbond substituents is 1. The van der Waals surface area contributed by atoms with Gasteiger partial charge in [-0.15, -0.1) is 6.42 Å². The van der Waals surface area contributed by atoms with Gasteiger partial charge in [-0.25, -0.2) is 4.79 Å². The summed E-state index contributed by atoms with van der Waals surface area (Å²) in [5, 5.41) is 20.2. The van der Waals surface area contributed by atoms with Gasteiger partial charge < -0.3 is 15.5 Å². The minimum atomic E-state index is -1.17. The third-order valence-electron chi connectivity index (χ3n) is 2.11. The number of aromatic hydroxyl groups is 1. The topological polar surface area (TPSA) is 86.6 Å². The zero-order chi connectivity index (χ0) is 12.8. The van der Waals surface area contributed by atoms with Gasteiger partial charge in [-0.1, -0.05) is 12.1 Å². The van der Waals surface area contributed by atoms with Crippen LogP contribution in [0.1, 0.15) is 5.56 Å². The highest BCUT2D eigenvalue weighted by Crippen LogP contribution is 2.11. The fourth-order valence-corrected chi connectivity index (χ4v) is 1.27. The molecule has 0 aliphatic carbocycles. The van der Waals surface area contributed by atoms with E-state index in [2.05, 4.69) is 5.32 Å². The minimum Gasteiger partial charge on any atom is -0.508 e. The molecule has 1 atom stereocenters. The van der Waals surface area contributed by atoms with E-state index < -0.39 is 17.9 Å². The molecule has 3 N–H and O–H groups in total. The number of carbonyl (C=O) groups is 2. The van der Waals surface area contributed by atoms with Gasteiger partial charge in [-0.3, -0.25) is 4.79 Å². The van der Waals surface area contributed by atoms with Gasteiger partial charge in [0.2, 0.25) is 0 Å². The van der Waals surface area contributed by atoms with Crippen molar-refractivity contribution in [1.29, 1.82) is 0 Å². The van der Waals surface area contributed by atoms with E-state index in [1.54, 1.807) is 18.1 Å². The second kappa shape index (κ2) is 5.56. The maximum Gasteiger partial charge on any atom is 0.326 e. The Balaban J connectivity index is 2.74. The fourth-order valence-electron chi connectivity index (χ4n) is 1.27. The van der Waals surface area contributed by atoms with Crippen LogP contribution in [-0.4, -0.2) is 28.1 Å². The Morgan fingerprint density at radius 2 is 1.94 bits per heavy atom. The Labute approximate surface area is 98.1 Å². The van der Waals surface area contributed by atoms with Gasteiger partial charge in [0, 0.05) is 6.42 Å². The summed E-state index contributed by atoms with van der Waals surface area (Å²) in [6.07, 6.45) is 4.95.